The Kier molecular flexibility index (Phi) is 8.56. The zero-order chi connectivity index (χ0) is 18.2. The Morgan fingerprint density at radius 3 is 2.81 bits per heavy atom. The number of carbonyl (C=O) groups is 1. The van der Waals surface area contributed by atoms with Crippen LogP contribution in [-0.2, 0) is 17.8 Å². The molecule has 0 spiro atoms. The van der Waals surface area contributed by atoms with Crippen LogP contribution in [0.4, 0.5) is 0 Å². The van der Waals surface area contributed by atoms with E-state index in [2.05, 4.69) is 38.0 Å². The maximum atomic E-state index is 12.2. The number of nitrogens with zero attached hydrogens (tertiary/aromatic N) is 3. The quantitative estimate of drug-likeness (QED) is 0.319. The van der Waals surface area contributed by atoms with Gasteiger partial charge in [0.25, 0.3) is 0 Å². The number of halogens is 1. The van der Waals surface area contributed by atoms with E-state index in [-0.39, 0.29) is 29.9 Å². The molecule has 1 amide bonds. The molecule has 7 nitrogen and oxygen atoms in total. The van der Waals surface area contributed by atoms with Gasteiger partial charge in [-0.15, -0.1) is 24.0 Å². The number of rotatable bonds is 7. The van der Waals surface area contributed by atoms with Crippen molar-refractivity contribution in [1.82, 2.24) is 25.7 Å². The number of likely N-dealkylation sites (tertiary alicyclic amines) is 1. The van der Waals surface area contributed by atoms with E-state index < -0.39 is 0 Å². The van der Waals surface area contributed by atoms with Crippen LogP contribution in [0.1, 0.15) is 17.7 Å². The Bertz CT molecular complexity index is 719. The molecule has 3 N–H and O–H groups in total. The zero-order valence-electron chi connectivity index (χ0n) is 15.5. The van der Waals surface area contributed by atoms with Gasteiger partial charge in [-0.3, -0.25) is 14.9 Å². The van der Waals surface area contributed by atoms with Crippen molar-refractivity contribution in [2.45, 2.75) is 19.4 Å². The molecule has 2 heterocycles. The van der Waals surface area contributed by atoms with Gasteiger partial charge in [0, 0.05) is 45.2 Å². The monoisotopic (exact) mass is 482 g/mol. The minimum Gasteiger partial charge on any atom is -0.356 e. The molecule has 0 saturated carbocycles. The van der Waals surface area contributed by atoms with Crippen LogP contribution < -0.4 is 10.6 Å². The molecule has 1 atom stereocenters. The van der Waals surface area contributed by atoms with E-state index in [1.807, 2.05) is 29.2 Å². The van der Waals surface area contributed by atoms with Crippen molar-refractivity contribution in [1.29, 1.82) is 0 Å². The van der Waals surface area contributed by atoms with Crippen LogP contribution in [0, 0.1) is 5.92 Å². The van der Waals surface area contributed by atoms with Crippen LogP contribution in [0.25, 0.3) is 0 Å². The smallest absolute Gasteiger partial charge is 0.223 e. The highest BCUT2D eigenvalue weighted by molar-refractivity contribution is 14.0. The fourth-order valence-corrected chi connectivity index (χ4v) is 3.14. The molecule has 27 heavy (non-hydrogen) atoms. The van der Waals surface area contributed by atoms with Crippen LogP contribution in [0.15, 0.2) is 47.6 Å². The first-order valence-corrected chi connectivity index (χ1v) is 8.99. The van der Waals surface area contributed by atoms with Crippen molar-refractivity contribution in [3.05, 3.63) is 53.9 Å². The average Bonchev–Trinajstić information content (AvgIpc) is 3.31. The molecule has 1 fully saturated rings. The summed E-state index contributed by atoms with van der Waals surface area (Å²) in [7, 11) is 1.74. The van der Waals surface area contributed by atoms with Gasteiger partial charge < -0.3 is 15.5 Å². The Morgan fingerprint density at radius 2 is 2.11 bits per heavy atom. The number of aromatic amines is 1. The van der Waals surface area contributed by atoms with Crippen molar-refractivity contribution in [3.8, 4) is 0 Å². The fourth-order valence-electron chi connectivity index (χ4n) is 3.14. The molecule has 0 radical (unpaired) electrons. The van der Waals surface area contributed by atoms with Gasteiger partial charge in [-0.1, -0.05) is 30.3 Å². The van der Waals surface area contributed by atoms with Crippen molar-refractivity contribution in [3.63, 3.8) is 0 Å². The molecule has 3 rings (SSSR count). The summed E-state index contributed by atoms with van der Waals surface area (Å²) in [4.78, 5) is 18.4. The molecular weight excluding hydrogens is 455 g/mol. The lowest BCUT2D eigenvalue weighted by Gasteiger charge is -2.17. The first-order chi connectivity index (χ1) is 12.7. The van der Waals surface area contributed by atoms with E-state index in [0.29, 0.717) is 18.9 Å². The number of hydrogen-bond donors (Lipinski definition) is 3. The minimum atomic E-state index is 0. The Labute approximate surface area is 177 Å². The SMILES string of the molecule is CN=C(NCc1ccn[nH]1)NCC1CC(=O)N(CCc2ccccc2)C1.I. The van der Waals surface area contributed by atoms with E-state index in [0.717, 1.165) is 37.7 Å². The normalized spacial score (nSPS) is 16.9. The average molecular weight is 482 g/mol. The molecule has 0 bridgehead atoms. The highest BCUT2D eigenvalue weighted by Gasteiger charge is 2.29. The van der Waals surface area contributed by atoms with Crippen molar-refractivity contribution < 1.29 is 4.79 Å². The molecule has 8 heteroatoms. The highest BCUT2D eigenvalue weighted by Crippen LogP contribution is 2.17. The predicted octanol–water partition coefficient (Wildman–Crippen LogP) is 1.78. The number of amides is 1. The maximum Gasteiger partial charge on any atom is 0.223 e. The number of nitrogens with one attached hydrogen (secondary N) is 3. The highest BCUT2D eigenvalue weighted by atomic mass is 127. The van der Waals surface area contributed by atoms with Gasteiger partial charge in [0.05, 0.1) is 12.2 Å². The lowest BCUT2D eigenvalue weighted by atomic mass is 10.1. The summed E-state index contributed by atoms with van der Waals surface area (Å²) in [5.41, 5.74) is 2.27. The van der Waals surface area contributed by atoms with E-state index in [4.69, 9.17) is 0 Å². The number of aliphatic imine (C=N–C) groups is 1. The van der Waals surface area contributed by atoms with E-state index >= 15 is 0 Å². The number of aromatic nitrogens is 2. The molecule has 1 aliphatic heterocycles. The summed E-state index contributed by atoms with van der Waals surface area (Å²) in [5, 5.41) is 13.4. The lowest BCUT2D eigenvalue weighted by molar-refractivity contribution is -0.127. The molecule has 1 aromatic carbocycles. The van der Waals surface area contributed by atoms with Gasteiger partial charge in [-0.2, -0.15) is 5.10 Å². The molecule has 1 unspecified atom stereocenters. The maximum absolute atomic E-state index is 12.2. The molecule has 2 aromatic rings. The summed E-state index contributed by atoms with van der Waals surface area (Å²) in [6.07, 6.45) is 3.22. The second-order valence-corrected chi connectivity index (χ2v) is 6.53. The van der Waals surface area contributed by atoms with Crippen LogP contribution in [0.5, 0.6) is 0 Å². The van der Waals surface area contributed by atoms with Crippen molar-refractivity contribution >= 4 is 35.8 Å². The summed E-state index contributed by atoms with van der Waals surface area (Å²) >= 11 is 0. The Hall–Kier alpha value is -2.10. The van der Waals surface area contributed by atoms with E-state index in [1.165, 1.54) is 5.56 Å². The largest absolute Gasteiger partial charge is 0.356 e. The number of carbonyl (C=O) groups excluding carboxylic acids is 1. The second kappa shape index (κ2) is 10.9. The van der Waals surface area contributed by atoms with Crippen LogP contribution >= 0.6 is 24.0 Å². The van der Waals surface area contributed by atoms with Gasteiger partial charge in [-0.05, 0) is 18.1 Å². The van der Waals surface area contributed by atoms with Crippen LogP contribution in [-0.4, -0.2) is 53.6 Å². The van der Waals surface area contributed by atoms with Crippen LogP contribution in [0.2, 0.25) is 0 Å². The third-order valence-corrected chi connectivity index (χ3v) is 4.59. The number of hydrogen-bond acceptors (Lipinski definition) is 3. The summed E-state index contributed by atoms with van der Waals surface area (Å²) < 4.78 is 0. The van der Waals surface area contributed by atoms with Crippen molar-refractivity contribution in [2.75, 3.05) is 26.7 Å². The molecule has 146 valence electrons. The van der Waals surface area contributed by atoms with Crippen LogP contribution in [0.3, 0.4) is 0 Å². The molecule has 0 aliphatic carbocycles. The summed E-state index contributed by atoms with van der Waals surface area (Å²) in [6.45, 7) is 2.95. The van der Waals surface area contributed by atoms with Gasteiger partial charge in [0.15, 0.2) is 5.96 Å². The Morgan fingerprint density at radius 1 is 1.30 bits per heavy atom. The second-order valence-electron chi connectivity index (χ2n) is 6.53. The van der Waals surface area contributed by atoms with Crippen molar-refractivity contribution in [2.24, 2.45) is 10.9 Å². The van der Waals surface area contributed by atoms with E-state index in [1.54, 1.807) is 13.2 Å². The standard InChI is InChI=1S/C19H26N6O.HI/c1-20-19(22-13-17-7-9-23-24-17)21-12-16-11-18(26)25(14-16)10-8-15-5-3-2-4-6-15;/h2-7,9,16H,8,10-14H2,1H3,(H,23,24)(H2,20,21,22);1H. The number of guanidine groups is 1. The molecule has 1 aromatic heterocycles. The first kappa shape index (κ1) is 21.2. The molecule has 1 saturated heterocycles. The number of H-pyrrole nitrogens is 1. The van der Waals surface area contributed by atoms with Gasteiger partial charge >= 0.3 is 0 Å². The first-order valence-electron chi connectivity index (χ1n) is 8.99. The van der Waals surface area contributed by atoms with Gasteiger partial charge in [-0.25, -0.2) is 0 Å². The third-order valence-electron chi connectivity index (χ3n) is 4.59. The summed E-state index contributed by atoms with van der Waals surface area (Å²) in [6, 6.07) is 12.2. The zero-order valence-corrected chi connectivity index (χ0v) is 17.8. The topological polar surface area (TPSA) is 85.4 Å². The lowest BCUT2D eigenvalue weighted by Crippen LogP contribution is -2.40. The number of benzene rings is 1. The Balaban J connectivity index is 0.00000261. The molecule has 1 aliphatic rings. The van der Waals surface area contributed by atoms with E-state index in [9.17, 15) is 4.79 Å². The fraction of sp³-hybridized carbons (Fsp3) is 0.421. The minimum absolute atomic E-state index is 0. The third kappa shape index (κ3) is 6.53. The van der Waals surface area contributed by atoms with Gasteiger partial charge in [0.2, 0.25) is 5.91 Å². The summed E-state index contributed by atoms with van der Waals surface area (Å²) in [5.74, 6) is 1.28. The molecular formula is C19H27IN6O. The van der Waals surface area contributed by atoms with Gasteiger partial charge in [0.1, 0.15) is 0 Å². The predicted molar refractivity (Wildman–Crippen MR) is 117 cm³/mol.